The lowest BCUT2D eigenvalue weighted by atomic mass is 10.2. The largest absolute Gasteiger partial charge is 0.379 e. The van der Waals surface area contributed by atoms with Gasteiger partial charge < -0.3 is 10.1 Å². The molecular formula is C19H27Cl2N3O4S. The summed E-state index contributed by atoms with van der Waals surface area (Å²) in [5, 5.41) is 2.94. The number of hydrogen-bond acceptors (Lipinski definition) is 5. The Bertz CT molecular complexity index is 823. The molecule has 0 unspecified atom stereocenters. The zero-order chi connectivity index (χ0) is 20.9. The van der Waals surface area contributed by atoms with Gasteiger partial charge in [-0.05, 0) is 37.9 Å². The van der Waals surface area contributed by atoms with E-state index in [0.29, 0.717) is 6.54 Å². The number of nitrogens with zero attached hydrogens (tertiary/aromatic N) is 1. The molecule has 7 nitrogen and oxygen atoms in total. The first-order chi connectivity index (χ1) is 13.9. The van der Waals surface area contributed by atoms with Crippen molar-refractivity contribution in [3.05, 3.63) is 27.7 Å². The van der Waals surface area contributed by atoms with E-state index in [2.05, 4.69) is 14.9 Å². The summed E-state index contributed by atoms with van der Waals surface area (Å²) in [7, 11) is -3.83. The first kappa shape index (κ1) is 22.8. The Balaban J connectivity index is 1.62. The van der Waals surface area contributed by atoms with Gasteiger partial charge in [0, 0.05) is 25.7 Å². The highest BCUT2D eigenvalue weighted by Gasteiger charge is 2.27. The van der Waals surface area contributed by atoms with Gasteiger partial charge >= 0.3 is 0 Å². The van der Waals surface area contributed by atoms with E-state index in [1.54, 1.807) is 0 Å². The van der Waals surface area contributed by atoms with Gasteiger partial charge in [-0.2, -0.15) is 0 Å². The highest BCUT2D eigenvalue weighted by molar-refractivity contribution is 7.89. The molecule has 29 heavy (non-hydrogen) atoms. The summed E-state index contributed by atoms with van der Waals surface area (Å²) in [6.07, 6.45) is 4.40. The minimum Gasteiger partial charge on any atom is -0.379 e. The third-order valence-electron chi connectivity index (χ3n) is 5.27. The van der Waals surface area contributed by atoms with Gasteiger partial charge in [0.2, 0.25) is 10.0 Å². The molecule has 1 aromatic rings. The highest BCUT2D eigenvalue weighted by atomic mass is 35.5. The maximum Gasteiger partial charge on any atom is 0.252 e. The van der Waals surface area contributed by atoms with E-state index < -0.39 is 15.9 Å². The molecule has 2 N–H and O–H groups in total. The van der Waals surface area contributed by atoms with Crippen LogP contribution in [0.4, 0.5) is 0 Å². The third kappa shape index (κ3) is 6.29. The summed E-state index contributed by atoms with van der Waals surface area (Å²) in [6, 6.07) is 2.48. The Hall–Kier alpha value is -0.900. The van der Waals surface area contributed by atoms with Crippen LogP contribution < -0.4 is 10.0 Å². The molecule has 0 bridgehead atoms. The summed E-state index contributed by atoms with van der Waals surface area (Å²) < 4.78 is 33.5. The third-order valence-corrected chi connectivity index (χ3v) is 7.57. The lowest BCUT2D eigenvalue weighted by Gasteiger charge is -2.26. The Labute approximate surface area is 182 Å². The van der Waals surface area contributed by atoms with E-state index in [1.165, 1.54) is 12.1 Å². The summed E-state index contributed by atoms with van der Waals surface area (Å²) in [4.78, 5) is 14.7. The van der Waals surface area contributed by atoms with Gasteiger partial charge in [-0.15, -0.1) is 0 Å². The van der Waals surface area contributed by atoms with Crippen molar-refractivity contribution in [2.24, 2.45) is 0 Å². The maximum atomic E-state index is 12.7. The molecule has 1 aliphatic heterocycles. The van der Waals surface area contributed by atoms with Crippen molar-refractivity contribution in [2.75, 3.05) is 39.4 Å². The topological polar surface area (TPSA) is 87.7 Å². The van der Waals surface area contributed by atoms with Crippen LogP contribution in [-0.2, 0) is 14.8 Å². The second-order valence-electron chi connectivity index (χ2n) is 7.43. The average molecular weight is 464 g/mol. The predicted octanol–water partition coefficient (Wildman–Crippen LogP) is 2.67. The molecule has 1 aliphatic carbocycles. The first-order valence-corrected chi connectivity index (χ1v) is 12.2. The van der Waals surface area contributed by atoms with Crippen LogP contribution in [0.25, 0.3) is 0 Å². The second-order valence-corrected chi connectivity index (χ2v) is 9.93. The fraction of sp³-hybridized carbons (Fsp3) is 0.632. The molecule has 0 radical (unpaired) electrons. The lowest BCUT2D eigenvalue weighted by molar-refractivity contribution is 0.0374. The predicted molar refractivity (Wildman–Crippen MR) is 113 cm³/mol. The van der Waals surface area contributed by atoms with Gasteiger partial charge in [-0.1, -0.05) is 36.0 Å². The lowest BCUT2D eigenvalue weighted by Crippen LogP contribution is -2.38. The number of benzene rings is 1. The van der Waals surface area contributed by atoms with Crippen LogP contribution >= 0.6 is 23.2 Å². The van der Waals surface area contributed by atoms with E-state index in [9.17, 15) is 13.2 Å². The van der Waals surface area contributed by atoms with Crippen molar-refractivity contribution >= 4 is 39.1 Å². The highest BCUT2D eigenvalue weighted by Crippen LogP contribution is 2.30. The molecule has 1 amide bonds. The molecule has 1 saturated carbocycles. The van der Waals surface area contributed by atoms with Gasteiger partial charge in [0.05, 0.1) is 28.8 Å². The molecule has 0 atom stereocenters. The van der Waals surface area contributed by atoms with Gasteiger partial charge in [-0.3, -0.25) is 9.69 Å². The van der Waals surface area contributed by atoms with Crippen molar-refractivity contribution in [2.45, 2.75) is 43.0 Å². The number of morpholine rings is 1. The zero-order valence-electron chi connectivity index (χ0n) is 16.3. The summed E-state index contributed by atoms with van der Waals surface area (Å²) in [6.45, 7) is 4.59. The van der Waals surface area contributed by atoms with Gasteiger partial charge in [0.25, 0.3) is 5.91 Å². The maximum absolute atomic E-state index is 12.7. The van der Waals surface area contributed by atoms with Crippen molar-refractivity contribution < 1.29 is 17.9 Å². The van der Waals surface area contributed by atoms with E-state index >= 15 is 0 Å². The van der Waals surface area contributed by atoms with E-state index in [0.717, 1.165) is 65.0 Å². The number of carbonyl (C=O) groups is 1. The Morgan fingerprint density at radius 3 is 2.52 bits per heavy atom. The standard InChI is InChI=1S/C19H27Cl2N3O4S/c20-16-13-17(21)18(29(26,27)23-14-4-1-2-5-14)12-15(16)19(25)22-6-3-7-24-8-10-28-11-9-24/h12-14,23H,1-11H2,(H,22,25). The van der Waals surface area contributed by atoms with Gasteiger partial charge in [-0.25, -0.2) is 13.1 Å². The van der Waals surface area contributed by atoms with Crippen LogP contribution in [0.1, 0.15) is 42.5 Å². The molecule has 3 rings (SSSR count). The molecule has 0 spiro atoms. The fourth-order valence-electron chi connectivity index (χ4n) is 3.66. The molecule has 2 aliphatic rings. The quantitative estimate of drug-likeness (QED) is 0.578. The molecule has 0 aromatic heterocycles. The molecule has 1 heterocycles. The molecular weight excluding hydrogens is 437 g/mol. The van der Waals surface area contributed by atoms with Gasteiger partial charge in [0.15, 0.2) is 0 Å². The normalized spacial score (nSPS) is 18.8. The Morgan fingerprint density at radius 1 is 1.14 bits per heavy atom. The number of amides is 1. The van der Waals surface area contributed by atoms with Crippen LogP contribution in [0.15, 0.2) is 17.0 Å². The first-order valence-electron chi connectivity index (χ1n) is 9.96. The van der Waals surface area contributed by atoms with Crippen molar-refractivity contribution in [3.8, 4) is 0 Å². The molecule has 10 heteroatoms. The van der Waals surface area contributed by atoms with Crippen LogP contribution in [0, 0.1) is 0 Å². The molecule has 1 aromatic carbocycles. The monoisotopic (exact) mass is 463 g/mol. The average Bonchev–Trinajstić information content (AvgIpc) is 3.18. The second kappa shape index (κ2) is 10.4. The number of sulfonamides is 1. The van der Waals surface area contributed by atoms with Crippen LogP contribution in [0.5, 0.6) is 0 Å². The minimum atomic E-state index is -3.83. The van der Waals surface area contributed by atoms with Crippen molar-refractivity contribution in [1.29, 1.82) is 0 Å². The SMILES string of the molecule is O=C(NCCCN1CCOCC1)c1cc(S(=O)(=O)NC2CCCC2)c(Cl)cc1Cl. The number of ether oxygens (including phenoxy) is 1. The van der Waals surface area contributed by atoms with E-state index in [-0.39, 0.29) is 26.5 Å². The summed E-state index contributed by atoms with van der Waals surface area (Å²) >= 11 is 12.3. The summed E-state index contributed by atoms with van der Waals surface area (Å²) in [5.74, 6) is -0.411. The number of hydrogen-bond donors (Lipinski definition) is 2. The van der Waals surface area contributed by atoms with E-state index in [4.69, 9.17) is 27.9 Å². The molecule has 2 fully saturated rings. The fourth-order valence-corrected chi connectivity index (χ4v) is 5.82. The van der Waals surface area contributed by atoms with E-state index in [1.807, 2.05) is 0 Å². The van der Waals surface area contributed by atoms with Gasteiger partial charge in [0.1, 0.15) is 4.90 Å². The van der Waals surface area contributed by atoms with Crippen LogP contribution in [0.2, 0.25) is 10.0 Å². The number of halogens is 2. The van der Waals surface area contributed by atoms with Crippen LogP contribution in [-0.4, -0.2) is 64.7 Å². The number of rotatable bonds is 8. The Kier molecular flexibility index (Phi) is 8.18. The van der Waals surface area contributed by atoms with Crippen molar-refractivity contribution in [1.82, 2.24) is 14.9 Å². The number of carbonyl (C=O) groups excluding carboxylic acids is 1. The minimum absolute atomic E-state index is 0.00404. The number of nitrogens with one attached hydrogen (secondary N) is 2. The van der Waals surface area contributed by atoms with Crippen LogP contribution in [0.3, 0.4) is 0 Å². The Morgan fingerprint density at radius 2 is 1.83 bits per heavy atom. The molecule has 1 saturated heterocycles. The van der Waals surface area contributed by atoms with Crippen molar-refractivity contribution in [3.63, 3.8) is 0 Å². The molecule has 162 valence electrons. The summed E-state index contributed by atoms with van der Waals surface area (Å²) in [5.41, 5.74) is 0.106. The zero-order valence-corrected chi connectivity index (χ0v) is 18.6. The smallest absolute Gasteiger partial charge is 0.252 e.